The lowest BCUT2D eigenvalue weighted by atomic mass is 9.91. The summed E-state index contributed by atoms with van der Waals surface area (Å²) in [6.07, 6.45) is 9.91. The van der Waals surface area contributed by atoms with Crippen molar-refractivity contribution >= 4 is 5.97 Å². The Morgan fingerprint density at radius 2 is 1.60 bits per heavy atom. The molecule has 0 amide bonds. The van der Waals surface area contributed by atoms with Crippen molar-refractivity contribution in [2.24, 2.45) is 5.92 Å². The molecule has 0 heterocycles. The highest BCUT2D eigenvalue weighted by molar-refractivity contribution is 5.69. The highest BCUT2D eigenvalue weighted by Gasteiger charge is 2.27. The van der Waals surface area contributed by atoms with E-state index >= 15 is 0 Å². The molecule has 148 valence electrons. The molecule has 4 N–H and O–H groups in total. The van der Waals surface area contributed by atoms with Gasteiger partial charge in [0, 0.05) is 0 Å². The van der Waals surface area contributed by atoms with Crippen LogP contribution in [0.4, 0.5) is 0 Å². The molecule has 0 rings (SSSR count). The van der Waals surface area contributed by atoms with E-state index < -0.39 is 23.8 Å². The third kappa shape index (κ3) is 12.1. The van der Waals surface area contributed by atoms with Gasteiger partial charge in [0.15, 0.2) is 0 Å². The molecule has 0 aromatic rings. The van der Waals surface area contributed by atoms with Crippen LogP contribution < -0.4 is 0 Å². The topological polar surface area (TPSA) is 98.0 Å². The maximum atomic E-state index is 10.7. The molecule has 0 aromatic carbocycles. The van der Waals surface area contributed by atoms with E-state index in [2.05, 4.69) is 6.92 Å². The lowest BCUT2D eigenvalue weighted by molar-refractivity contribution is -0.141. The summed E-state index contributed by atoms with van der Waals surface area (Å²) in [5.41, 5.74) is -1.16. The van der Waals surface area contributed by atoms with Gasteiger partial charge >= 0.3 is 5.97 Å². The molecule has 5 nitrogen and oxygen atoms in total. The van der Waals surface area contributed by atoms with Crippen LogP contribution in [0, 0.1) is 5.92 Å². The van der Waals surface area contributed by atoms with Crippen molar-refractivity contribution in [1.29, 1.82) is 0 Å². The first-order valence-electron chi connectivity index (χ1n) is 9.70. The average molecular weight is 359 g/mol. The van der Waals surface area contributed by atoms with Gasteiger partial charge in [-0.25, -0.2) is 0 Å². The molecule has 4 unspecified atom stereocenters. The monoisotopic (exact) mass is 358 g/mol. The Labute approximate surface area is 152 Å². The zero-order valence-electron chi connectivity index (χ0n) is 16.2. The largest absolute Gasteiger partial charge is 0.481 e. The summed E-state index contributed by atoms with van der Waals surface area (Å²) < 4.78 is 0. The fraction of sp³-hybridized carbons (Fsp3) is 0.850. The number of aliphatic hydroxyl groups is 3. The van der Waals surface area contributed by atoms with Crippen LogP contribution in [0.1, 0.15) is 85.0 Å². The smallest absolute Gasteiger partial charge is 0.306 e. The normalized spacial score (nSPS) is 18.0. The summed E-state index contributed by atoms with van der Waals surface area (Å²) >= 11 is 0. The van der Waals surface area contributed by atoms with Crippen molar-refractivity contribution in [3.05, 3.63) is 12.2 Å². The SMILES string of the molecule is CCCCCC(C)(O)C(O)/C=C/C(O)CCCCCCC(C)C(=O)O. The van der Waals surface area contributed by atoms with Crippen LogP contribution in [-0.4, -0.2) is 44.2 Å². The lowest BCUT2D eigenvalue weighted by Crippen LogP contribution is -2.38. The molecule has 0 aromatic heterocycles. The van der Waals surface area contributed by atoms with Gasteiger partial charge < -0.3 is 20.4 Å². The Balaban J connectivity index is 3.91. The maximum absolute atomic E-state index is 10.7. The zero-order chi connectivity index (χ0) is 19.3. The molecule has 0 saturated heterocycles. The van der Waals surface area contributed by atoms with E-state index in [-0.39, 0.29) is 5.92 Å². The van der Waals surface area contributed by atoms with Gasteiger partial charge in [-0.05, 0) is 26.2 Å². The standard InChI is InChI=1S/C20H38O5/c1-4-5-10-15-20(3,25)18(22)14-13-17(21)12-9-7-6-8-11-16(2)19(23)24/h13-14,16-18,21-22,25H,4-12,15H2,1-3H3,(H,23,24)/b14-13+. The molecule has 0 spiro atoms. The number of hydrogen-bond donors (Lipinski definition) is 4. The molecule has 0 aliphatic carbocycles. The summed E-state index contributed by atoms with van der Waals surface area (Å²) in [6.45, 7) is 5.44. The third-order valence-corrected chi connectivity index (χ3v) is 4.75. The predicted octanol–water partition coefficient (Wildman–Crippen LogP) is 3.66. The van der Waals surface area contributed by atoms with Crippen LogP contribution in [-0.2, 0) is 4.79 Å². The Morgan fingerprint density at radius 1 is 1.00 bits per heavy atom. The highest BCUT2D eigenvalue weighted by Crippen LogP contribution is 2.20. The average Bonchev–Trinajstić information content (AvgIpc) is 2.55. The first-order chi connectivity index (χ1) is 11.7. The van der Waals surface area contributed by atoms with Crippen LogP contribution in [0.25, 0.3) is 0 Å². The van der Waals surface area contributed by atoms with Crippen LogP contribution in [0.3, 0.4) is 0 Å². The number of unbranched alkanes of at least 4 members (excludes halogenated alkanes) is 5. The van der Waals surface area contributed by atoms with Crippen molar-refractivity contribution in [2.45, 2.75) is 103 Å². The summed E-state index contributed by atoms with van der Waals surface area (Å²) in [7, 11) is 0. The zero-order valence-corrected chi connectivity index (χ0v) is 16.2. The molecule has 4 atom stereocenters. The van der Waals surface area contributed by atoms with Crippen LogP contribution in [0.15, 0.2) is 12.2 Å². The number of aliphatic hydroxyl groups excluding tert-OH is 2. The molecule has 0 aliphatic heterocycles. The van der Waals surface area contributed by atoms with E-state index in [0.717, 1.165) is 44.9 Å². The third-order valence-electron chi connectivity index (χ3n) is 4.75. The molecule has 0 aliphatic rings. The maximum Gasteiger partial charge on any atom is 0.306 e. The minimum absolute atomic E-state index is 0.292. The van der Waals surface area contributed by atoms with E-state index in [4.69, 9.17) is 5.11 Å². The van der Waals surface area contributed by atoms with Crippen molar-refractivity contribution in [3.63, 3.8) is 0 Å². The Kier molecular flexibility index (Phi) is 12.8. The first-order valence-corrected chi connectivity index (χ1v) is 9.70. The number of carbonyl (C=O) groups is 1. The Bertz CT molecular complexity index is 378. The second-order valence-electron chi connectivity index (χ2n) is 7.44. The van der Waals surface area contributed by atoms with Gasteiger partial charge in [-0.2, -0.15) is 0 Å². The van der Waals surface area contributed by atoms with E-state index in [1.165, 1.54) is 6.08 Å². The molecule has 0 radical (unpaired) electrons. The van der Waals surface area contributed by atoms with E-state index in [1.54, 1.807) is 19.9 Å². The van der Waals surface area contributed by atoms with Gasteiger partial charge in [0.25, 0.3) is 0 Å². The second kappa shape index (κ2) is 13.3. The van der Waals surface area contributed by atoms with Crippen LogP contribution >= 0.6 is 0 Å². The van der Waals surface area contributed by atoms with Crippen molar-refractivity contribution in [1.82, 2.24) is 0 Å². The number of carboxylic acids is 1. The van der Waals surface area contributed by atoms with E-state index in [9.17, 15) is 20.1 Å². The minimum Gasteiger partial charge on any atom is -0.481 e. The van der Waals surface area contributed by atoms with Crippen molar-refractivity contribution < 1.29 is 25.2 Å². The van der Waals surface area contributed by atoms with Gasteiger partial charge in [0.1, 0.15) is 6.10 Å². The van der Waals surface area contributed by atoms with Gasteiger partial charge in [-0.1, -0.05) is 70.9 Å². The Morgan fingerprint density at radius 3 is 2.16 bits per heavy atom. The predicted molar refractivity (Wildman–Crippen MR) is 100 cm³/mol. The summed E-state index contributed by atoms with van der Waals surface area (Å²) in [5.74, 6) is -1.04. The summed E-state index contributed by atoms with van der Waals surface area (Å²) in [6, 6.07) is 0. The molecule has 5 heteroatoms. The lowest BCUT2D eigenvalue weighted by Gasteiger charge is -2.27. The second-order valence-corrected chi connectivity index (χ2v) is 7.44. The molecule has 0 fully saturated rings. The molecular formula is C20H38O5. The fourth-order valence-corrected chi connectivity index (χ4v) is 2.70. The number of hydrogen-bond acceptors (Lipinski definition) is 4. The van der Waals surface area contributed by atoms with Crippen LogP contribution in [0.2, 0.25) is 0 Å². The first kappa shape index (κ1) is 24.1. The minimum atomic E-state index is -1.16. The van der Waals surface area contributed by atoms with E-state index in [1.807, 2.05) is 0 Å². The highest BCUT2D eigenvalue weighted by atomic mass is 16.4. The molecule has 0 bridgehead atoms. The number of rotatable bonds is 15. The van der Waals surface area contributed by atoms with Crippen molar-refractivity contribution in [3.8, 4) is 0 Å². The summed E-state index contributed by atoms with van der Waals surface area (Å²) in [5, 5.41) is 39.1. The number of carboxylic acid groups (broad SMARTS) is 1. The van der Waals surface area contributed by atoms with Gasteiger partial charge in [0.2, 0.25) is 0 Å². The fourth-order valence-electron chi connectivity index (χ4n) is 2.70. The molecule has 25 heavy (non-hydrogen) atoms. The van der Waals surface area contributed by atoms with Gasteiger partial charge in [0.05, 0.1) is 17.6 Å². The Hall–Kier alpha value is -0.910. The van der Waals surface area contributed by atoms with E-state index in [0.29, 0.717) is 19.3 Å². The number of aliphatic carboxylic acids is 1. The quantitative estimate of drug-likeness (QED) is 0.264. The van der Waals surface area contributed by atoms with Crippen LogP contribution in [0.5, 0.6) is 0 Å². The summed E-state index contributed by atoms with van der Waals surface area (Å²) in [4.78, 5) is 10.7. The van der Waals surface area contributed by atoms with Crippen molar-refractivity contribution in [2.75, 3.05) is 0 Å². The molecule has 0 saturated carbocycles. The molecular weight excluding hydrogens is 320 g/mol. The van der Waals surface area contributed by atoms with Gasteiger partial charge in [-0.3, -0.25) is 4.79 Å². The van der Waals surface area contributed by atoms with Gasteiger partial charge in [-0.15, -0.1) is 0 Å².